The number of ether oxygens (including phenoxy) is 2. The van der Waals surface area contributed by atoms with Gasteiger partial charge in [0.25, 0.3) is 5.91 Å². The minimum atomic E-state index is -0.288. The molecule has 0 unspecified atom stereocenters. The minimum absolute atomic E-state index is 0.0727. The van der Waals surface area contributed by atoms with Gasteiger partial charge in [-0.3, -0.25) is 9.59 Å². The van der Waals surface area contributed by atoms with Gasteiger partial charge in [0.1, 0.15) is 5.75 Å². The first-order valence-electron chi connectivity index (χ1n) is 9.18. The van der Waals surface area contributed by atoms with Crippen molar-refractivity contribution >= 4 is 11.9 Å². The second-order valence-corrected chi connectivity index (χ2v) is 6.31. The van der Waals surface area contributed by atoms with Crippen molar-refractivity contribution in [2.45, 2.75) is 26.7 Å². The van der Waals surface area contributed by atoms with Crippen LogP contribution in [0.2, 0.25) is 0 Å². The summed E-state index contributed by atoms with van der Waals surface area (Å²) in [5.41, 5.74) is 2.77. The highest BCUT2D eigenvalue weighted by Gasteiger charge is 2.17. The van der Waals surface area contributed by atoms with E-state index < -0.39 is 0 Å². The average Bonchev–Trinajstić information content (AvgIpc) is 2.68. The van der Waals surface area contributed by atoms with Crippen LogP contribution in [0.4, 0.5) is 0 Å². The lowest BCUT2D eigenvalue weighted by molar-refractivity contribution is -0.143. The molecule has 2 rings (SSSR count). The van der Waals surface area contributed by atoms with E-state index in [2.05, 4.69) is 0 Å². The summed E-state index contributed by atoms with van der Waals surface area (Å²) in [6.45, 7) is 4.94. The van der Waals surface area contributed by atoms with Crippen LogP contribution in [0, 0.1) is 6.92 Å². The Hall–Kier alpha value is -2.82. The molecule has 2 aromatic carbocycles. The van der Waals surface area contributed by atoms with Crippen molar-refractivity contribution in [3.63, 3.8) is 0 Å². The Labute approximate surface area is 160 Å². The maximum Gasteiger partial charge on any atom is 0.307 e. The van der Waals surface area contributed by atoms with Gasteiger partial charge in [0.15, 0.2) is 0 Å². The lowest BCUT2D eigenvalue weighted by atomic mass is 10.1. The van der Waals surface area contributed by atoms with Gasteiger partial charge in [-0.15, -0.1) is 0 Å². The predicted molar refractivity (Wildman–Crippen MR) is 105 cm³/mol. The van der Waals surface area contributed by atoms with Gasteiger partial charge in [-0.25, -0.2) is 0 Å². The molecule has 0 aromatic heterocycles. The summed E-state index contributed by atoms with van der Waals surface area (Å²) >= 11 is 0. The Morgan fingerprint density at radius 3 is 2.41 bits per heavy atom. The van der Waals surface area contributed by atoms with Gasteiger partial charge in [-0.1, -0.05) is 29.8 Å². The van der Waals surface area contributed by atoms with E-state index in [-0.39, 0.29) is 18.3 Å². The number of esters is 1. The standard InChI is InChI=1S/C22H27NO4/c1-4-27-21(24)13-15-23(22(25)19-7-5-6-17(2)16-19)14-12-18-8-10-20(26-3)11-9-18/h5-11,16H,4,12-15H2,1-3H3. The summed E-state index contributed by atoms with van der Waals surface area (Å²) in [4.78, 5) is 26.4. The van der Waals surface area contributed by atoms with E-state index in [0.717, 1.165) is 16.9 Å². The highest BCUT2D eigenvalue weighted by Crippen LogP contribution is 2.14. The number of amides is 1. The summed E-state index contributed by atoms with van der Waals surface area (Å²) < 4.78 is 10.2. The van der Waals surface area contributed by atoms with Crippen LogP contribution in [0.15, 0.2) is 48.5 Å². The van der Waals surface area contributed by atoms with Crippen molar-refractivity contribution in [2.24, 2.45) is 0 Å². The third-order valence-electron chi connectivity index (χ3n) is 4.27. The number of nitrogens with zero attached hydrogens (tertiary/aromatic N) is 1. The number of rotatable bonds is 9. The number of methoxy groups -OCH3 is 1. The molecule has 5 nitrogen and oxygen atoms in total. The third-order valence-corrected chi connectivity index (χ3v) is 4.27. The fourth-order valence-corrected chi connectivity index (χ4v) is 2.79. The smallest absolute Gasteiger partial charge is 0.307 e. The first-order valence-corrected chi connectivity index (χ1v) is 9.18. The highest BCUT2D eigenvalue weighted by atomic mass is 16.5. The van der Waals surface area contributed by atoms with Crippen LogP contribution < -0.4 is 4.74 Å². The number of hydrogen-bond donors (Lipinski definition) is 0. The molecule has 144 valence electrons. The molecule has 0 N–H and O–H groups in total. The molecule has 0 heterocycles. The molecule has 0 aliphatic rings. The summed E-state index contributed by atoms with van der Waals surface area (Å²) in [5.74, 6) is 0.439. The molecule has 0 aliphatic heterocycles. The van der Waals surface area contributed by atoms with E-state index in [1.807, 2.05) is 49.4 Å². The Bertz CT molecular complexity index is 755. The van der Waals surface area contributed by atoms with Gasteiger partial charge in [0.05, 0.1) is 20.1 Å². The molecule has 5 heteroatoms. The molecule has 1 amide bonds. The second kappa shape index (κ2) is 10.4. The fourth-order valence-electron chi connectivity index (χ4n) is 2.79. The molecule has 0 fully saturated rings. The van der Waals surface area contributed by atoms with E-state index >= 15 is 0 Å². The monoisotopic (exact) mass is 369 g/mol. The number of carbonyl (C=O) groups is 2. The molecule has 0 spiro atoms. The SMILES string of the molecule is CCOC(=O)CCN(CCc1ccc(OC)cc1)C(=O)c1cccc(C)c1. The van der Waals surface area contributed by atoms with Crippen LogP contribution in [0.5, 0.6) is 5.75 Å². The maximum absolute atomic E-state index is 12.9. The van der Waals surface area contributed by atoms with E-state index in [4.69, 9.17) is 9.47 Å². The van der Waals surface area contributed by atoms with Crippen LogP contribution >= 0.6 is 0 Å². The number of aryl methyl sites for hydroxylation is 1. The molecule has 0 atom stereocenters. The summed E-state index contributed by atoms with van der Waals surface area (Å²) in [6, 6.07) is 15.3. The summed E-state index contributed by atoms with van der Waals surface area (Å²) in [7, 11) is 1.63. The number of benzene rings is 2. The molecule has 27 heavy (non-hydrogen) atoms. The van der Waals surface area contributed by atoms with Gasteiger partial charge in [0.2, 0.25) is 0 Å². The summed E-state index contributed by atoms with van der Waals surface area (Å²) in [5, 5.41) is 0. The van der Waals surface area contributed by atoms with Crippen LogP contribution in [0.25, 0.3) is 0 Å². The zero-order valence-electron chi connectivity index (χ0n) is 16.2. The van der Waals surface area contributed by atoms with Crippen molar-refractivity contribution < 1.29 is 19.1 Å². The molecule has 0 radical (unpaired) electrons. The van der Waals surface area contributed by atoms with Crippen molar-refractivity contribution in [2.75, 3.05) is 26.8 Å². The largest absolute Gasteiger partial charge is 0.497 e. The van der Waals surface area contributed by atoms with Crippen LogP contribution in [-0.4, -0.2) is 43.6 Å². The van der Waals surface area contributed by atoms with E-state index in [1.54, 1.807) is 25.0 Å². The molecule has 0 saturated carbocycles. The van der Waals surface area contributed by atoms with Crippen LogP contribution in [-0.2, 0) is 16.0 Å². The molecule has 0 saturated heterocycles. The van der Waals surface area contributed by atoms with Crippen molar-refractivity contribution in [1.29, 1.82) is 0 Å². The zero-order valence-corrected chi connectivity index (χ0v) is 16.2. The Balaban J connectivity index is 2.07. The predicted octanol–water partition coefficient (Wildman–Crippen LogP) is 3.64. The second-order valence-electron chi connectivity index (χ2n) is 6.31. The Morgan fingerprint density at radius 1 is 1.04 bits per heavy atom. The first kappa shape index (κ1) is 20.5. The lowest BCUT2D eigenvalue weighted by Gasteiger charge is -2.23. The Kier molecular flexibility index (Phi) is 7.86. The van der Waals surface area contributed by atoms with Crippen LogP contribution in [0.1, 0.15) is 34.8 Å². The molecular formula is C22H27NO4. The quantitative estimate of drug-likeness (QED) is 0.633. The van der Waals surface area contributed by atoms with Gasteiger partial charge < -0.3 is 14.4 Å². The van der Waals surface area contributed by atoms with E-state index in [9.17, 15) is 9.59 Å². The topological polar surface area (TPSA) is 55.8 Å². The molecule has 0 bridgehead atoms. The molecule has 0 aliphatic carbocycles. The number of carbonyl (C=O) groups excluding carboxylic acids is 2. The third kappa shape index (κ3) is 6.44. The summed E-state index contributed by atoms with van der Waals surface area (Å²) in [6.07, 6.45) is 0.887. The van der Waals surface area contributed by atoms with Crippen molar-refractivity contribution in [3.8, 4) is 5.75 Å². The van der Waals surface area contributed by atoms with Gasteiger partial charge >= 0.3 is 5.97 Å². The molecular weight excluding hydrogens is 342 g/mol. The maximum atomic E-state index is 12.9. The Morgan fingerprint density at radius 2 is 1.78 bits per heavy atom. The van der Waals surface area contributed by atoms with Gasteiger partial charge in [0, 0.05) is 18.7 Å². The van der Waals surface area contributed by atoms with Crippen LogP contribution in [0.3, 0.4) is 0 Å². The zero-order chi connectivity index (χ0) is 19.6. The van der Waals surface area contributed by atoms with Gasteiger partial charge in [-0.2, -0.15) is 0 Å². The number of hydrogen-bond acceptors (Lipinski definition) is 4. The normalized spacial score (nSPS) is 10.3. The highest BCUT2D eigenvalue weighted by molar-refractivity contribution is 5.94. The lowest BCUT2D eigenvalue weighted by Crippen LogP contribution is -2.35. The minimum Gasteiger partial charge on any atom is -0.497 e. The van der Waals surface area contributed by atoms with E-state index in [1.165, 1.54) is 0 Å². The fraction of sp³-hybridized carbons (Fsp3) is 0.364. The average molecular weight is 369 g/mol. The van der Waals surface area contributed by atoms with Gasteiger partial charge in [-0.05, 0) is 50.1 Å². The van der Waals surface area contributed by atoms with Crippen molar-refractivity contribution in [1.82, 2.24) is 4.90 Å². The molecule has 2 aromatic rings. The first-order chi connectivity index (χ1) is 13.0. The van der Waals surface area contributed by atoms with Crippen molar-refractivity contribution in [3.05, 3.63) is 65.2 Å². The van der Waals surface area contributed by atoms with E-state index in [0.29, 0.717) is 31.7 Å².